The van der Waals surface area contributed by atoms with Crippen LogP contribution in [0.5, 0.6) is 5.75 Å². The third-order valence-corrected chi connectivity index (χ3v) is 3.56. The van der Waals surface area contributed by atoms with Crippen LogP contribution in [0, 0.1) is 0 Å². The van der Waals surface area contributed by atoms with Crippen molar-refractivity contribution >= 4 is 5.91 Å². The van der Waals surface area contributed by atoms with E-state index in [0.29, 0.717) is 0 Å². The fourth-order valence-electron chi connectivity index (χ4n) is 2.50. The molecule has 0 atom stereocenters. The van der Waals surface area contributed by atoms with Gasteiger partial charge in [0.1, 0.15) is 5.75 Å². The number of halogens is 2. The number of aliphatic hydroxyl groups is 1. The maximum atomic E-state index is 12.1. The summed E-state index contributed by atoms with van der Waals surface area (Å²) in [4.78, 5) is 12.1. The summed E-state index contributed by atoms with van der Waals surface area (Å²) in [6.45, 7) is -3.04. The molecule has 1 saturated carbocycles. The SMILES string of the molecule is O=C(NC1(CO)CCCC1)c1cccc(OC(F)F)c1. The van der Waals surface area contributed by atoms with E-state index in [2.05, 4.69) is 10.1 Å². The van der Waals surface area contributed by atoms with Crippen molar-refractivity contribution in [2.45, 2.75) is 37.8 Å². The summed E-state index contributed by atoms with van der Waals surface area (Å²) in [5.41, 5.74) is -0.348. The number of hydrogen-bond donors (Lipinski definition) is 2. The van der Waals surface area contributed by atoms with Crippen LogP contribution in [0.3, 0.4) is 0 Å². The van der Waals surface area contributed by atoms with Gasteiger partial charge in [-0.05, 0) is 31.0 Å². The van der Waals surface area contributed by atoms with Gasteiger partial charge in [-0.3, -0.25) is 4.79 Å². The minimum Gasteiger partial charge on any atom is -0.435 e. The molecular formula is C14H17F2NO3. The molecular weight excluding hydrogens is 268 g/mol. The van der Waals surface area contributed by atoms with Gasteiger partial charge in [-0.2, -0.15) is 8.78 Å². The quantitative estimate of drug-likeness (QED) is 0.873. The van der Waals surface area contributed by atoms with Crippen molar-refractivity contribution in [3.8, 4) is 5.75 Å². The largest absolute Gasteiger partial charge is 0.435 e. The van der Waals surface area contributed by atoms with Crippen LogP contribution in [0.4, 0.5) is 8.78 Å². The Morgan fingerprint density at radius 1 is 1.40 bits per heavy atom. The summed E-state index contributed by atoms with van der Waals surface area (Å²) in [6.07, 6.45) is 3.36. The van der Waals surface area contributed by atoms with E-state index in [1.165, 1.54) is 24.3 Å². The first-order valence-corrected chi connectivity index (χ1v) is 6.53. The number of alkyl halides is 2. The smallest absolute Gasteiger partial charge is 0.387 e. The first-order valence-electron chi connectivity index (χ1n) is 6.53. The third-order valence-electron chi connectivity index (χ3n) is 3.56. The molecule has 0 aromatic heterocycles. The first kappa shape index (κ1) is 14.7. The molecule has 20 heavy (non-hydrogen) atoms. The molecule has 0 radical (unpaired) electrons. The number of nitrogens with one attached hydrogen (secondary N) is 1. The van der Waals surface area contributed by atoms with Gasteiger partial charge < -0.3 is 15.2 Å². The number of rotatable bonds is 5. The van der Waals surface area contributed by atoms with Gasteiger partial charge >= 0.3 is 6.61 Å². The van der Waals surface area contributed by atoms with E-state index >= 15 is 0 Å². The summed E-state index contributed by atoms with van der Waals surface area (Å²) < 4.78 is 28.5. The highest BCUT2D eigenvalue weighted by atomic mass is 19.3. The van der Waals surface area contributed by atoms with Crippen molar-refractivity contribution in [2.24, 2.45) is 0 Å². The maximum Gasteiger partial charge on any atom is 0.387 e. The summed E-state index contributed by atoms with van der Waals surface area (Å²) in [5, 5.41) is 12.3. The lowest BCUT2D eigenvalue weighted by molar-refractivity contribution is -0.0498. The molecule has 0 bridgehead atoms. The molecule has 0 spiro atoms. The van der Waals surface area contributed by atoms with Crippen LogP contribution < -0.4 is 10.1 Å². The lowest BCUT2D eigenvalue weighted by atomic mass is 9.98. The fourth-order valence-corrected chi connectivity index (χ4v) is 2.50. The molecule has 1 fully saturated rings. The average molecular weight is 285 g/mol. The summed E-state index contributed by atoms with van der Waals surface area (Å²) in [6, 6.07) is 5.63. The van der Waals surface area contributed by atoms with E-state index in [4.69, 9.17) is 0 Å². The highest BCUT2D eigenvalue weighted by Crippen LogP contribution is 2.29. The third kappa shape index (κ3) is 3.45. The molecule has 1 aliphatic rings. The molecule has 1 aromatic rings. The van der Waals surface area contributed by atoms with Crippen LogP contribution in [0.25, 0.3) is 0 Å². The van der Waals surface area contributed by atoms with Crippen LogP contribution >= 0.6 is 0 Å². The van der Waals surface area contributed by atoms with E-state index in [0.717, 1.165) is 25.7 Å². The van der Waals surface area contributed by atoms with Crippen molar-refractivity contribution < 1.29 is 23.4 Å². The first-order chi connectivity index (χ1) is 9.54. The normalized spacial score (nSPS) is 17.2. The predicted octanol–water partition coefficient (Wildman–Crippen LogP) is 2.32. The van der Waals surface area contributed by atoms with Crippen LogP contribution in [-0.2, 0) is 0 Å². The van der Waals surface area contributed by atoms with Crippen molar-refractivity contribution in [2.75, 3.05) is 6.61 Å². The number of amides is 1. The number of benzene rings is 1. The Bertz CT molecular complexity index is 473. The minimum atomic E-state index is -2.92. The number of hydrogen-bond acceptors (Lipinski definition) is 3. The average Bonchev–Trinajstić information content (AvgIpc) is 2.87. The summed E-state index contributed by atoms with van der Waals surface area (Å²) >= 11 is 0. The second-order valence-electron chi connectivity index (χ2n) is 5.01. The number of carbonyl (C=O) groups excluding carboxylic acids is 1. The number of carbonyl (C=O) groups is 1. The molecule has 110 valence electrons. The molecule has 0 unspecified atom stereocenters. The molecule has 1 aliphatic carbocycles. The van der Waals surface area contributed by atoms with Gasteiger partial charge in [-0.1, -0.05) is 18.9 Å². The van der Waals surface area contributed by atoms with Gasteiger partial charge in [0, 0.05) is 5.56 Å². The summed E-state index contributed by atoms with van der Waals surface area (Å²) in [7, 11) is 0. The molecule has 6 heteroatoms. The van der Waals surface area contributed by atoms with Crippen molar-refractivity contribution in [1.82, 2.24) is 5.32 Å². The number of ether oxygens (including phenoxy) is 1. The van der Waals surface area contributed by atoms with E-state index in [9.17, 15) is 18.7 Å². The van der Waals surface area contributed by atoms with Crippen molar-refractivity contribution in [3.63, 3.8) is 0 Å². The van der Waals surface area contributed by atoms with Gasteiger partial charge in [0.2, 0.25) is 0 Å². The maximum absolute atomic E-state index is 12.1. The Morgan fingerprint density at radius 2 is 2.10 bits per heavy atom. The van der Waals surface area contributed by atoms with E-state index < -0.39 is 12.2 Å². The van der Waals surface area contributed by atoms with Gasteiger partial charge in [-0.25, -0.2) is 0 Å². The second-order valence-corrected chi connectivity index (χ2v) is 5.01. The van der Waals surface area contributed by atoms with E-state index in [-0.39, 0.29) is 23.8 Å². The Labute approximate surface area is 115 Å². The number of aliphatic hydroxyl groups excluding tert-OH is 1. The molecule has 4 nitrogen and oxygen atoms in total. The molecule has 1 aromatic carbocycles. The van der Waals surface area contributed by atoms with Crippen molar-refractivity contribution in [3.05, 3.63) is 29.8 Å². The molecule has 2 N–H and O–H groups in total. The highest BCUT2D eigenvalue weighted by Gasteiger charge is 2.34. The Balaban J connectivity index is 2.08. The van der Waals surface area contributed by atoms with Gasteiger partial charge in [0.15, 0.2) is 0 Å². The Morgan fingerprint density at radius 3 is 2.70 bits per heavy atom. The van der Waals surface area contributed by atoms with Gasteiger partial charge in [0.25, 0.3) is 5.91 Å². The van der Waals surface area contributed by atoms with Crippen LogP contribution in [0.1, 0.15) is 36.0 Å². The highest BCUT2D eigenvalue weighted by molar-refractivity contribution is 5.95. The van der Waals surface area contributed by atoms with Crippen molar-refractivity contribution in [1.29, 1.82) is 0 Å². The Kier molecular flexibility index (Phi) is 4.54. The van der Waals surface area contributed by atoms with E-state index in [1.54, 1.807) is 0 Å². The molecule has 0 aliphatic heterocycles. The molecule has 0 heterocycles. The monoisotopic (exact) mass is 285 g/mol. The standard InChI is InChI=1S/C14H17F2NO3/c15-13(16)20-11-5-3-4-10(8-11)12(19)17-14(9-18)6-1-2-7-14/h3-5,8,13,18H,1-2,6-7,9H2,(H,17,19). The molecule has 2 rings (SSSR count). The zero-order valence-corrected chi connectivity index (χ0v) is 10.9. The topological polar surface area (TPSA) is 58.6 Å². The van der Waals surface area contributed by atoms with Gasteiger partial charge in [0.05, 0.1) is 12.1 Å². The lowest BCUT2D eigenvalue weighted by Crippen LogP contribution is -2.49. The molecule has 1 amide bonds. The Hall–Kier alpha value is -1.69. The fraction of sp³-hybridized carbons (Fsp3) is 0.500. The van der Waals surface area contributed by atoms with Gasteiger partial charge in [-0.15, -0.1) is 0 Å². The van der Waals surface area contributed by atoms with E-state index in [1.807, 2.05) is 0 Å². The predicted molar refractivity (Wildman–Crippen MR) is 68.8 cm³/mol. The molecule has 0 saturated heterocycles. The zero-order chi connectivity index (χ0) is 14.6. The van der Waals surface area contributed by atoms with Crippen LogP contribution in [0.15, 0.2) is 24.3 Å². The minimum absolute atomic E-state index is 0.0582. The van der Waals surface area contributed by atoms with Crippen LogP contribution in [0.2, 0.25) is 0 Å². The zero-order valence-electron chi connectivity index (χ0n) is 10.9. The second kappa shape index (κ2) is 6.17. The summed E-state index contributed by atoms with van der Waals surface area (Å²) in [5.74, 6) is -0.446. The van der Waals surface area contributed by atoms with Crippen LogP contribution in [-0.4, -0.2) is 29.8 Å². The lowest BCUT2D eigenvalue weighted by Gasteiger charge is -2.28.